The largest absolute Gasteiger partial charge is 0.440 e. The van der Waals surface area contributed by atoms with Crippen LogP contribution in [-0.4, -0.2) is 15.2 Å². The fraction of sp³-hybridized carbons (Fsp3) is 0.0833. The van der Waals surface area contributed by atoms with Crippen LogP contribution in [0.5, 0.6) is 0 Å². The molecule has 0 bridgehead atoms. The minimum Gasteiger partial charge on any atom is -0.440 e. The first-order valence-electron chi connectivity index (χ1n) is 5.53. The Balaban J connectivity index is 1.68. The van der Waals surface area contributed by atoms with E-state index in [0.29, 0.717) is 16.8 Å². The van der Waals surface area contributed by atoms with Crippen LogP contribution < -0.4 is 5.73 Å². The topological polar surface area (TPSA) is 77.8 Å². The Kier molecular flexibility index (Phi) is 3.47. The molecule has 0 unspecified atom stereocenters. The number of anilines is 1. The molecule has 96 valence electrons. The summed E-state index contributed by atoms with van der Waals surface area (Å²) in [6.45, 7) is 0. The highest BCUT2D eigenvalue weighted by Gasteiger charge is 2.08. The molecule has 0 saturated carbocycles. The summed E-state index contributed by atoms with van der Waals surface area (Å²) in [7, 11) is 0. The zero-order valence-electron chi connectivity index (χ0n) is 9.81. The minimum atomic E-state index is 0.472. The normalized spacial score (nSPS) is 10.7. The molecular weight excluding hydrogens is 280 g/mol. The molecule has 1 aromatic carbocycles. The van der Waals surface area contributed by atoms with E-state index in [-0.39, 0.29) is 0 Å². The lowest BCUT2D eigenvalue weighted by Crippen LogP contribution is -1.80. The van der Waals surface area contributed by atoms with Crippen LogP contribution in [0.4, 0.5) is 5.13 Å². The molecule has 0 aliphatic heterocycles. The minimum absolute atomic E-state index is 0.472. The molecule has 2 aromatic heterocycles. The second-order valence-corrected chi connectivity index (χ2v) is 5.91. The lowest BCUT2D eigenvalue weighted by atomic mass is 10.2. The van der Waals surface area contributed by atoms with E-state index < -0.39 is 0 Å². The van der Waals surface area contributed by atoms with Crippen molar-refractivity contribution in [2.45, 2.75) is 10.1 Å². The number of aromatic nitrogens is 3. The summed E-state index contributed by atoms with van der Waals surface area (Å²) in [5, 5.41) is 8.16. The predicted octanol–water partition coefficient (Wildman–Crippen LogP) is 3.07. The van der Waals surface area contributed by atoms with Gasteiger partial charge in [-0.05, 0) is 0 Å². The van der Waals surface area contributed by atoms with E-state index in [1.807, 2.05) is 30.3 Å². The Hall–Kier alpha value is -1.86. The second kappa shape index (κ2) is 5.41. The van der Waals surface area contributed by atoms with Gasteiger partial charge in [-0.2, -0.15) is 0 Å². The summed E-state index contributed by atoms with van der Waals surface area (Å²) < 4.78 is 6.51. The van der Waals surface area contributed by atoms with Gasteiger partial charge >= 0.3 is 0 Å². The van der Waals surface area contributed by atoms with E-state index >= 15 is 0 Å². The molecule has 0 spiro atoms. The molecule has 19 heavy (non-hydrogen) atoms. The van der Waals surface area contributed by atoms with Crippen LogP contribution in [-0.2, 0) is 5.75 Å². The van der Waals surface area contributed by atoms with Crippen molar-refractivity contribution in [3.63, 3.8) is 0 Å². The van der Waals surface area contributed by atoms with Gasteiger partial charge in [-0.1, -0.05) is 53.4 Å². The quantitative estimate of drug-likeness (QED) is 0.744. The van der Waals surface area contributed by atoms with Crippen molar-refractivity contribution >= 4 is 28.2 Å². The first kappa shape index (κ1) is 12.2. The Labute approximate surface area is 117 Å². The van der Waals surface area contributed by atoms with Gasteiger partial charge in [-0.15, -0.1) is 10.2 Å². The lowest BCUT2D eigenvalue weighted by Gasteiger charge is -1.94. The zero-order valence-corrected chi connectivity index (χ0v) is 11.4. The summed E-state index contributed by atoms with van der Waals surface area (Å²) in [4.78, 5) is 4.25. The molecule has 0 aliphatic carbocycles. The van der Waals surface area contributed by atoms with Gasteiger partial charge in [0, 0.05) is 5.56 Å². The van der Waals surface area contributed by atoms with Crippen molar-refractivity contribution in [2.75, 3.05) is 5.73 Å². The summed E-state index contributed by atoms with van der Waals surface area (Å²) in [6, 6.07) is 9.88. The monoisotopic (exact) mass is 290 g/mol. The van der Waals surface area contributed by atoms with Gasteiger partial charge in [0.25, 0.3) is 0 Å². The van der Waals surface area contributed by atoms with Gasteiger partial charge in [0.2, 0.25) is 11.0 Å². The van der Waals surface area contributed by atoms with Crippen LogP contribution in [0.3, 0.4) is 0 Å². The highest BCUT2D eigenvalue weighted by Crippen LogP contribution is 2.28. The number of nitrogens with two attached hydrogens (primary N) is 1. The molecular formula is C12H10N4OS2. The molecule has 5 nitrogen and oxygen atoms in total. The number of oxazole rings is 1. The van der Waals surface area contributed by atoms with Crippen LogP contribution in [0.15, 0.2) is 45.3 Å². The standard InChI is InChI=1S/C12H10N4OS2/c13-11-15-16-12(19-11)18-7-10-14-6-9(17-10)8-4-2-1-3-5-8/h1-6H,7H2,(H2,13,15). The highest BCUT2D eigenvalue weighted by molar-refractivity contribution is 8.00. The Bertz CT molecular complexity index is 665. The van der Waals surface area contributed by atoms with E-state index in [9.17, 15) is 0 Å². The highest BCUT2D eigenvalue weighted by atomic mass is 32.2. The summed E-state index contributed by atoms with van der Waals surface area (Å²) in [5.41, 5.74) is 6.54. The van der Waals surface area contributed by atoms with Gasteiger partial charge in [0.05, 0.1) is 11.9 Å². The van der Waals surface area contributed by atoms with E-state index in [0.717, 1.165) is 15.7 Å². The number of nitrogen functional groups attached to an aromatic ring is 1. The Morgan fingerprint density at radius 1 is 1.21 bits per heavy atom. The smallest absolute Gasteiger partial charge is 0.205 e. The molecule has 3 aromatic rings. The maximum absolute atomic E-state index is 5.69. The molecule has 0 fully saturated rings. The van der Waals surface area contributed by atoms with E-state index in [4.69, 9.17) is 10.2 Å². The van der Waals surface area contributed by atoms with Crippen LogP contribution >= 0.6 is 23.1 Å². The Morgan fingerprint density at radius 2 is 2.05 bits per heavy atom. The maximum atomic E-state index is 5.69. The average molecular weight is 290 g/mol. The van der Waals surface area contributed by atoms with Crippen molar-refractivity contribution in [3.05, 3.63) is 42.4 Å². The third kappa shape index (κ3) is 2.94. The molecule has 0 radical (unpaired) electrons. The fourth-order valence-electron chi connectivity index (χ4n) is 1.52. The van der Waals surface area contributed by atoms with Gasteiger partial charge in [0.15, 0.2) is 10.1 Å². The van der Waals surface area contributed by atoms with Crippen molar-refractivity contribution in [1.29, 1.82) is 0 Å². The van der Waals surface area contributed by atoms with Gasteiger partial charge in [-0.25, -0.2) is 4.98 Å². The molecule has 2 heterocycles. The molecule has 3 rings (SSSR count). The number of rotatable bonds is 4. The number of thioether (sulfide) groups is 1. The van der Waals surface area contributed by atoms with Crippen LogP contribution in [0.2, 0.25) is 0 Å². The van der Waals surface area contributed by atoms with Crippen molar-refractivity contribution < 1.29 is 4.42 Å². The van der Waals surface area contributed by atoms with Gasteiger partial charge in [-0.3, -0.25) is 0 Å². The number of nitrogens with zero attached hydrogens (tertiary/aromatic N) is 3. The SMILES string of the molecule is Nc1nnc(SCc2ncc(-c3ccccc3)o2)s1. The summed E-state index contributed by atoms with van der Waals surface area (Å²) in [5.74, 6) is 2.05. The summed E-state index contributed by atoms with van der Waals surface area (Å²) in [6.07, 6.45) is 1.74. The second-order valence-electron chi connectivity index (χ2n) is 3.68. The first-order valence-corrected chi connectivity index (χ1v) is 7.33. The van der Waals surface area contributed by atoms with E-state index in [1.165, 1.54) is 23.1 Å². The van der Waals surface area contributed by atoms with E-state index in [2.05, 4.69) is 15.2 Å². The Morgan fingerprint density at radius 3 is 2.79 bits per heavy atom. The zero-order chi connectivity index (χ0) is 13.1. The van der Waals surface area contributed by atoms with E-state index in [1.54, 1.807) is 6.20 Å². The van der Waals surface area contributed by atoms with Crippen molar-refractivity contribution in [1.82, 2.24) is 15.2 Å². The van der Waals surface area contributed by atoms with Gasteiger partial charge < -0.3 is 10.2 Å². The van der Waals surface area contributed by atoms with Crippen LogP contribution in [0, 0.1) is 0 Å². The van der Waals surface area contributed by atoms with Crippen molar-refractivity contribution in [2.24, 2.45) is 0 Å². The van der Waals surface area contributed by atoms with Crippen LogP contribution in [0.25, 0.3) is 11.3 Å². The van der Waals surface area contributed by atoms with Crippen LogP contribution in [0.1, 0.15) is 5.89 Å². The van der Waals surface area contributed by atoms with Crippen molar-refractivity contribution in [3.8, 4) is 11.3 Å². The number of benzene rings is 1. The molecule has 0 aliphatic rings. The molecule has 0 saturated heterocycles. The molecule has 2 N–H and O–H groups in total. The van der Waals surface area contributed by atoms with Gasteiger partial charge in [0.1, 0.15) is 0 Å². The summed E-state index contributed by atoms with van der Waals surface area (Å²) >= 11 is 2.87. The average Bonchev–Trinajstić information content (AvgIpc) is 3.06. The maximum Gasteiger partial charge on any atom is 0.205 e. The number of hydrogen-bond donors (Lipinski definition) is 1. The third-order valence-corrected chi connectivity index (χ3v) is 4.22. The molecule has 7 heteroatoms. The predicted molar refractivity (Wildman–Crippen MR) is 75.8 cm³/mol. The molecule has 0 amide bonds. The first-order chi connectivity index (χ1) is 9.31. The third-order valence-electron chi connectivity index (χ3n) is 2.35. The molecule has 0 atom stereocenters. The fourth-order valence-corrected chi connectivity index (χ4v) is 3.00. The number of hydrogen-bond acceptors (Lipinski definition) is 7. The lowest BCUT2D eigenvalue weighted by molar-refractivity contribution is 0.530.